The number of nitrogens with one attached hydrogen (secondary N) is 1. The summed E-state index contributed by atoms with van der Waals surface area (Å²) in [7, 11) is 4.46. The molecule has 0 saturated carbocycles. The van der Waals surface area contributed by atoms with Gasteiger partial charge in [-0.05, 0) is 19.1 Å². The lowest BCUT2D eigenvalue weighted by atomic mass is 10.1. The zero-order chi connectivity index (χ0) is 14.4. The lowest BCUT2D eigenvalue weighted by molar-refractivity contribution is 0.0921. The number of amides is 1. The van der Waals surface area contributed by atoms with E-state index in [4.69, 9.17) is 19.3 Å². The number of methoxy groups -OCH3 is 3. The fraction of sp³-hybridized carbons (Fsp3) is 0.462. The van der Waals surface area contributed by atoms with Crippen molar-refractivity contribution in [2.24, 2.45) is 0 Å². The number of rotatable bonds is 6. The largest absolute Gasteiger partial charge is 0.493 e. The first kappa shape index (κ1) is 15.1. The molecule has 1 aromatic rings. The van der Waals surface area contributed by atoms with E-state index in [1.807, 2.05) is 0 Å². The standard InChI is InChI=1S/C13H19NO5/c1-8(7-15)14-13(16)9-5-10(17-2)12(19-4)11(6-9)18-3/h5-6,8,15H,7H2,1-4H3,(H,14,16). The second-order valence-corrected chi connectivity index (χ2v) is 3.97. The minimum absolute atomic E-state index is 0.129. The Morgan fingerprint density at radius 3 is 2.11 bits per heavy atom. The third kappa shape index (κ3) is 3.51. The van der Waals surface area contributed by atoms with E-state index in [0.717, 1.165) is 0 Å². The Morgan fingerprint density at radius 2 is 1.74 bits per heavy atom. The van der Waals surface area contributed by atoms with Crippen LogP contribution < -0.4 is 19.5 Å². The highest BCUT2D eigenvalue weighted by molar-refractivity contribution is 5.95. The summed E-state index contributed by atoms with van der Waals surface area (Å²) in [6.07, 6.45) is 0. The highest BCUT2D eigenvalue weighted by Crippen LogP contribution is 2.38. The molecule has 1 amide bonds. The maximum absolute atomic E-state index is 12.0. The summed E-state index contributed by atoms with van der Waals surface area (Å²) in [5.41, 5.74) is 0.370. The molecule has 19 heavy (non-hydrogen) atoms. The Balaban J connectivity index is 3.12. The molecule has 0 aromatic heterocycles. The van der Waals surface area contributed by atoms with Crippen molar-refractivity contribution in [3.8, 4) is 17.2 Å². The molecule has 0 fully saturated rings. The normalized spacial score (nSPS) is 11.6. The Kier molecular flexibility index (Phi) is 5.44. The summed E-state index contributed by atoms with van der Waals surface area (Å²) in [5, 5.41) is 11.6. The lowest BCUT2D eigenvalue weighted by Crippen LogP contribution is -2.35. The van der Waals surface area contributed by atoms with Crippen LogP contribution in [0.4, 0.5) is 0 Å². The molecule has 1 rings (SSSR count). The van der Waals surface area contributed by atoms with Crippen molar-refractivity contribution in [1.82, 2.24) is 5.32 Å². The van der Waals surface area contributed by atoms with Gasteiger partial charge in [-0.15, -0.1) is 0 Å². The Bertz CT molecular complexity index is 422. The minimum Gasteiger partial charge on any atom is -0.493 e. The van der Waals surface area contributed by atoms with Crippen LogP contribution in [0.15, 0.2) is 12.1 Å². The van der Waals surface area contributed by atoms with Crippen molar-refractivity contribution in [3.05, 3.63) is 17.7 Å². The first-order valence-electron chi connectivity index (χ1n) is 5.79. The van der Waals surface area contributed by atoms with Crippen molar-refractivity contribution < 1.29 is 24.1 Å². The SMILES string of the molecule is COc1cc(C(=O)NC(C)CO)cc(OC)c1OC. The van der Waals surface area contributed by atoms with Gasteiger partial charge >= 0.3 is 0 Å². The fourth-order valence-corrected chi connectivity index (χ4v) is 1.56. The van der Waals surface area contributed by atoms with Gasteiger partial charge in [0.15, 0.2) is 11.5 Å². The van der Waals surface area contributed by atoms with Gasteiger partial charge in [-0.3, -0.25) is 4.79 Å². The second kappa shape index (κ2) is 6.84. The molecule has 0 radical (unpaired) electrons. The van der Waals surface area contributed by atoms with Crippen molar-refractivity contribution in [2.45, 2.75) is 13.0 Å². The number of hydrogen-bond donors (Lipinski definition) is 2. The van der Waals surface area contributed by atoms with Crippen molar-refractivity contribution in [1.29, 1.82) is 0 Å². The Morgan fingerprint density at radius 1 is 1.21 bits per heavy atom. The molecule has 0 aliphatic heterocycles. The van der Waals surface area contributed by atoms with E-state index >= 15 is 0 Å². The number of carbonyl (C=O) groups excluding carboxylic acids is 1. The van der Waals surface area contributed by atoms with Crippen molar-refractivity contribution in [2.75, 3.05) is 27.9 Å². The summed E-state index contributed by atoms with van der Waals surface area (Å²) >= 11 is 0. The number of aliphatic hydroxyl groups excluding tert-OH is 1. The van der Waals surface area contributed by atoms with E-state index in [9.17, 15) is 4.79 Å². The van der Waals surface area contributed by atoms with Gasteiger partial charge in [0.25, 0.3) is 5.91 Å². The number of carbonyl (C=O) groups is 1. The van der Waals surface area contributed by atoms with E-state index < -0.39 is 0 Å². The maximum Gasteiger partial charge on any atom is 0.251 e. The molecule has 0 aliphatic carbocycles. The lowest BCUT2D eigenvalue weighted by Gasteiger charge is -2.15. The van der Waals surface area contributed by atoms with E-state index in [0.29, 0.717) is 22.8 Å². The molecule has 1 unspecified atom stereocenters. The topological polar surface area (TPSA) is 77.0 Å². The monoisotopic (exact) mass is 269 g/mol. The molecule has 106 valence electrons. The molecule has 0 aliphatic rings. The van der Waals surface area contributed by atoms with Crippen LogP contribution in [0.2, 0.25) is 0 Å². The zero-order valence-corrected chi connectivity index (χ0v) is 11.5. The molecule has 0 heterocycles. The molecular formula is C13H19NO5. The van der Waals surface area contributed by atoms with Gasteiger partial charge in [0, 0.05) is 11.6 Å². The van der Waals surface area contributed by atoms with Gasteiger partial charge in [-0.2, -0.15) is 0 Å². The molecule has 0 bridgehead atoms. The smallest absolute Gasteiger partial charge is 0.251 e. The summed E-state index contributed by atoms with van der Waals surface area (Å²) < 4.78 is 15.5. The van der Waals surface area contributed by atoms with Crippen LogP contribution in [0.3, 0.4) is 0 Å². The van der Waals surface area contributed by atoms with Crippen LogP contribution in [0.25, 0.3) is 0 Å². The Labute approximate surface area is 112 Å². The van der Waals surface area contributed by atoms with Gasteiger partial charge in [0.1, 0.15) is 0 Å². The summed E-state index contributed by atoms with van der Waals surface area (Å²) in [6, 6.07) is 2.79. The average molecular weight is 269 g/mol. The molecular weight excluding hydrogens is 250 g/mol. The highest BCUT2D eigenvalue weighted by atomic mass is 16.5. The summed E-state index contributed by atoms with van der Waals surface area (Å²) in [5.74, 6) is 0.921. The van der Waals surface area contributed by atoms with E-state index in [1.165, 1.54) is 21.3 Å². The van der Waals surface area contributed by atoms with Gasteiger partial charge in [0.2, 0.25) is 5.75 Å². The summed E-state index contributed by atoms with van der Waals surface area (Å²) in [6.45, 7) is 1.58. The quantitative estimate of drug-likeness (QED) is 0.799. The van der Waals surface area contributed by atoms with Gasteiger partial charge < -0.3 is 24.6 Å². The van der Waals surface area contributed by atoms with Gasteiger partial charge in [-0.1, -0.05) is 0 Å². The third-order valence-corrected chi connectivity index (χ3v) is 2.58. The van der Waals surface area contributed by atoms with Crippen molar-refractivity contribution >= 4 is 5.91 Å². The third-order valence-electron chi connectivity index (χ3n) is 2.58. The van der Waals surface area contributed by atoms with Crippen LogP contribution in [0.5, 0.6) is 17.2 Å². The molecule has 6 nitrogen and oxygen atoms in total. The van der Waals surface area contributed by atoms with Crippen LogP contribution in [0, 0.1) is 0 Å². The fourth-order valence-electron chi connectivity index (χ4n) is 1.56. The second-order valence-electron chi connectivity index (χ2n) is 3.97. The van der Waals surface area contributed by atoms with Gasteiger partial charge in [0.05, 0.1) is 27.9 Å². The molecule has 0 spiro atoms. The van der Waals surface area contributed by atoms with Crippen molar-refractivity contribution in [3.63, 3.8) is 0 Å². The molecule has 0 saturated heterocycles. The van der Waals surface area contributed by atoms with E-state index in [-0.39, 0.29) is 18.6 Å². The van der Waals surface area contributed by atoms with Crippen LogP contribution in [0.1, 0.15) is 17.3 Å². The Hall–Kier alpha value is -1.95. The van der Waals surface area contributed by atoms with E-state index in [1.54, 1.807) is 19.1 Å². The van der Waals surface area contributed by atoms with Gasteiger partial charge in [-0.25, -0.2) is 0 Å². The average Bonchev–Trinajstić information content (AvgIpc) is 2.44. The molecule has 2 N–H and O–H groups in total. The maximum atomic E-state index is 12.0. The van der Waals surface area contributed by atoms with Crippen LogP contribution in [-0.4, -0.2) is 45.0 Å². The molecule has 6 heteroatoms. The number of hydrogen-bond acceptors (Lipinski definition) is 5. The van der Waals surface area contributed by atoms with E-state index in [2.05, 4.69) is 5.32 Å². The number of benzene rings is 1. The molecule has 1 atom stereocenters. The predicted molar refractivity (Wildman–Crippen MR) is 70.1 cm³/mol. The number of aliphatic hydroxyl groups is 1. The zero-order valence-electron chi connectivity index (χ0n) is 11.5. The number of ether oxygens (including phenoxy) is 3. The van der Waals surface area contributed by atoms with Crippen LogP contribution >= 0.6 is 0 Å². The van der Waals surface area contributed by atoms with Crippen LogP contribution in [-0.2, 0) is 0 Å². The summed E-state index contributed by atoms with van der Waals surface area (Å²) in [4.78, 5) is 12.0. The predicted octanol–water partition coefficient (Wildman–Crippen LogP) is 0.823. The first-order valence-corrected chi connectivity index (χ1v) is 5.79. The molecule has 1 aromatic carbocycles. The minimum atomic E-state index is -0.327. The highest BCUT2D eigenvalue weighted by Gasteiger charge is 2.17. The first-order chi connectivity index (χ1) is 9.07.